The van der Waals surface area contributed by atoms with Crippen LogP contribution in [0.5, 0.6) is 5.75 Å². The van der Waals surface area contributed by atoms with Crippen LogP contribution in [0.15, 0.2) is 53.2 Å². The molecule has 0 radical (unpaired) electrons. The zero-order valence-electron chi connectivity index (χ0n) is 19.0. The number of amides is 2. The molecule has 1 aliphatic heterocycles. The van der Waals surface area contributed by atoms with Gasteiger partial charge in [-0.15, -0.1) is 0 Å². The Hall–Kier alpha value is -3.81. The second-order valence-electron chi connectivity index (χ2n) is 8.43. The number of carbonyl (C=O) groups is 1. The third kappa shape index (κ3) is 3.92. The molecule has 4 heterocycles. The van der Waals surface area contributed by atoms with Crippen LogP contribution < -0.4 is 10.1 Å². The average Bonchev–Trinajstić information content (AvgIpc) is 3.40. The highest BCUT2D eigenvalue weighted by Gasteiger charge is 2.29. The van der Waals surface area contributed by atoms with Gasteiger partial charge in [0.15, 0.2) is 5.82 Å². The minimum Gasteiger partial charge on any atom is -0.497 e. The summed E-state index contributed by atoms with van der Waals surface area (Å²) in [6.45, 7) is 5.01. The number of nitrogens with one attached hydrogen (secondary N) is 1. The van der Waals surface area contributed by atoms with E-state index in [2.05, 4.69) is 20.9 Å². The monoisotopic (exact) mass is 445 g/mol. The van der Waals surface area contributed by atoms with Gasteiger partial charge in [-0.05, 0) is 51.0 Å². The molecule has 0 saturated carbocycles. The van der Waals surface area contributed by atoms with Crippen LogP contribution >= 0.6 is 0 Å². The topological polar surface area (TPSA) is 84.9 Å². The van der Waals surface area contributed by atoms with Crippen LogP contribution in [-0.4, -0.2) is 45.7 Å². The molecule has 0 aliphatic carbocycles. The Bertz CT molecular complexity index is 1310. The van der Waals surface area contributed by atoms with Crippen molar-refractivity contribution < 1.29 is 14.1 Å². The van der Waals surface area contributed by atoms with Gasteiger partial charge in [0, 0.05) is 36.3 Å². The second kappa shape index (κ2) is 8.61. The Labute approximate surface area is 192 Å². The molecular formula is C25H27N5O3. The molecule has 2 amide bonds. The first-order valence-electron chi connectivity index (χ1n) is 11.2. The molecule has 0 spiro atoms. The normalized spacial score (nSPS) is 16.2. The number of hydrogen-bond donors (Lipinski definition) is 1. The Balaban J connectivity index is 1.44. The summed E-state index contributed by atoms with van der Waals surface area (Å²) < 4.78 is 12.7. The standard InChI is InChI=1S/C25H27N5O3/c1-16-17(2)33-28-23(16)27-25(31)29-12-7-9-19(15-29)24-26-22(21-11-4-5-13-30(21)24)18-8-6-10-20(14-18)32-3/h4-6,8,10-11,13-14,19H,7,9,12,15H2,1-3H3,(H,27,28,31)/t19-/m1/s1. The molecule has 8 heteroatoms. The first-order valence-corrected chi connectivity index (χ1v) is 11.2. The van der Waals surface area contributed by atoms with Crippen LogP contribution in [0.2, 0.25) is 0 Å². The summed E-state index contributed by atoms with van der Waals surface area (Å²) in [4.78, 5) is 19.9. The highest BCUT2D eigenvalue weighted by molar-refractivity contribution is 5.89. The molecule has 1 fully saturated rings. The zero-order chi connectivity index (χ0) is 22.9. The fourth-order valence-corrected chi connectivity index (χ4v) is 4.42. The van der Waals surface area contributed by atoms with Gasteiger partial charge < -0.3 is 18.6 Å². The first-order chi connectivity index (χ1) is 16.0. The van der Waals surface area contributed by atoms with E-state index in [-0.39, 0.29) is 11.9 Å². The minimum atomic E-state index is -0.162. The second-order valence-corrected chi connectivity index (χ2v) is 8.43. The number of nitrogens with zero attached hydrogens (tertiary/aromatic N) is 4. The Morgan fingerprint density at radius 3 is 2.88 bits per heavy atom. The van der Waals surface area contributed by atoms with Crippen molar-refractivity contribution >= 4 is 17.4 Å². The lowest BCUT2D eigenvalue weighted by Gasteiger charge is -2.32. The first kappa shape index (κ1) is 21.1. The van der Waals surface area contributed by atoms with Crippen molar-refractivity contribution in [3.63, 3.8) is 0 Å². The van der Waals surface area contributed by atoms with E-state index < -0.39 is 0 Å². The van der Waals surface area contributed by atoms with Crippen LogP contribution in [0.25, 0.3) is 16.8 Å². The van der Waals surface area contributed by atoms with Crippen molar-refractivity contribution in [3.8, 4) is 17.0 Å². The predicted octanol–water partition coefficient (Wildman–Crippen LogP) is 5.03. The van der Waals surface area contributed by atoms with E-state index in [0.717, 1.165) is 46.8 Å². The van der Waals surface area contributed by atoms with E-state index in [1.807, 2.05) is 61.3 Å². The van der Waals surface area contributed by atoms with E-state index in [0.29, 0.717) is 24.7 Å². The molecular weight excluding hydrogens is 418 g/mol. The van der Waals surface area contributed by atoms with Crippen molar-refractivity contribution in [2.24, 2.45) is 0 Å². The van der Waals surface area contributed by atoms with Gasteiger partial charge in [-0.2, -0.15) is 0 Å². The number of aryl methyl sites for hydroxylation is 1. The molecule has 1 N–H and O–H groups in total. The maximum Gasteiger partial charge on any atom is 0.323 e. The molecule has 33 heavy (non-hydrogen) atoms. The highest BCUT2D eigenvalue weighted by atomic mass is 16.5. The quantitative estimate of drug-likeness (QED) is 0.476. The third-order valence-electron chi connectivity index (χ3n) is 6.38. The number of likely N-dealkylation sites (tertiary alicyclic amines) is 1. The molecule has 0 unspecified atom stereocenters. The fraction of sp³-hybridized carbons (Fsp3) is 0.320. The number of fused-ring (bicyclic) bond motifs is 1. The lowest BCUT2D eigenvalue weighted by molar-refractivity contribution is 0.191. The molecule has 3 aromatic heterocycles. The van der Waals surface area contributed by atoms with Gasteiger partial charge in [-0.3, -0.25) is 5.32 Å². The summed E-state index contributed by atoms with van der Waals surface area (Å²) in [5, 5.41) is 6.85. The van der Waals surface area contributed by atoms with Crippen molar-refractivity contribution in [2.45, 2.75) is 32.6 Å². The Morgan fingerprint density at radius 2 is 2.09 bits per heavy atom. The van der Waals surface area contributed by atoms with E-state index in [1.54, 1.807) is 7.11 Å². The molecule has 1 aromatic carbocycles. The van der Waals surface area contributed by atoms with Gasteiger partial charge in [-0.1, -0.05) is 23.4 Å². The number of piperidine rings is 1. The van der Waals surface area contributed by atoms with Crippen LogP contribution in [0.1, 0.15) is 35.9 Å². The number of imidazole rings is 1. The molecule has 0 bridgehead atoms. The minimum absolute atomic E-state index is 0.124. The molecule has 8 nitrogen and oxygen atoms in total. The average molecular weight is 446 g/mol. The van der Waals surface area contributed by atoms with Gasteiger partial charge in [0.25, 0.3) is 0 Å². The van der Waals surface area contributed by atoms with Crippen LogP contribution in [0, 0.1) is 13.8 Å². The number of aromatic nitrogens is 3. The summed E-state index contributed by atoms with van der Waals surface area (Å²) in [5.74, 6) is 3.07. The lowest BCUT2D eigenvalue weighted by atomic mass is 9.97. The predicted molar refractivity (Wildman–Crippen MR) is 126 cm³/mol. The van der Waals surface area contributed by atoms with Crippen LogP contribution in [0.3, 0.4) is 0 Å². The van der Waals surface area contributed by atoms with Crippen molar-refractivity contribution in [1.82, 2.24) is 19.4 Å². The van der Waals surface area contributed by atoms with E-state index in [9.17, 15) is 4.79 Å². The largest absolute Gasteiger partial charge is 0.497 e. The molecule has 1 saturated heterocycles. The highest BCUT2D eigenvalue weighted by Crippen LogP contribution is 2.33. The summed E-state index contributed by atoms with van der Waals surface area (Å²) >= 11 is 0. The molecule has 170 valence electrons. The number of ether oxygens (including phenoxy) is 1. The number of hydrogen-bond acceptors (Lipinski definition) is 5. The molecule has 1 aliphatic rings. The SMILES string of the molecule is COc1cccc(-c2nc([C@@H]3CCCN(C(=O)Nc4noc(C)c4C)C3)n3ccccc23)c1. The third-order valence-corrected chi connectivity index (χ3v) is 6.38. The summed E-state index contributed by atoms with van der Waals surface area (Å²) in [6, 6.07) is 13.9. The Kier molecular flexibility index (Phi) is 5.50. The van der Waals surface area contributed by atoms with Gasteiger partial charge in [0.05, 0.1) is 18.3 Å². The number of methoxy groups -OCH3 is 1. The number of carbonyl (C=O) groups excluding carboxylic acids is 1. The van der Waals surface area contributed by atoms with Gasteiger partial charge in [0.2, 0.25) is 0 Å². The smallest absolute Gasteiger partial charge is 0.323 e. The number of rotatable bonds is 4. The van der Waals surface area contributed by atoms with Crippen LogP contribution in [-0.2, 0) is 0 Å². The van der Waals surface area contributed by atoms with E-state index >= 15 is 0 Å². The van der Waals surface area contributed by atoms with Gasteiger partial charge in [-0.25, -0.2) is 9.78 Å². The maximum absolute atomic E-state index is 13.0. The van der Waals surface area contributed by atoms with Crippen molar-refractivity contribution in [1.29, 1.82) is 0 Å². The number of anilines is 1. The number of pyridine rings is 1. The number of urea groups is 1. The molecule has 4 aromatic rings. The van der Waals surface area contributed by atoms with E-state index in [4.69, 9.17) is 14.2 Å². The van der Waals surface area contributed by atoms with Crippen molar-refractivity contribution in [2.75, 3.05) is 25.5 Å². The molecule has 1 atom stereocenters. The van der Waals surface area contributed by atoms with Crippen LogP contribution in [0.4, 0.5) is 10.6 Å². The van der Waals surface area contributed by atoms with Gasteiger partial charge in [0.1, 0.15) is 17.3 Å². The summed E-state index contributed by atoms with van der Waals surface area (Å²) in [5.41, 5.74) is 3.81. The maximum atomic E-state index is 13.0. The summed E-state index contributed by atoms with van der Waals surface area (Å²) in [7, 11) is 1.67. The summed E-state index contributed by atoms with van der Waals surface area (Å²) in [6.07, 6.45) is 3.92. The van der Waals surface area contributed by atoms with Crippen molar-refractivity contribution in [3.05, 3.63) is 65.8 Å². The number of benzene rings is 1. The fourth-order valence-electron chi connectivity index (χ4n) is 4.42. The van der Waals surface area contributed by atoms with Gasteiger partial charge >= 0.3 is 6.03 Å². The van der Waals surface area contributed by atoms with E-state index in [1.165, 1.54) is 0 Å². The molecule has 5 rings (SSSR count). The zero-order valence-corrected chi connectivity index (χ0v) is 19.0. The lowest BCUT2D eigenvalue weighted by Crippen LogP contribution is -2.42. The Morgan fingerprint density at radius 1 is 1.21 bits per heavy atom.